The quantitative estimate of drug-likeness (QED) is 0.730. The Bertz CT molecular complexity index is 905. The summed E-state index contributed by atoms with van der Waals surface area (Å²) in [4.78, 5) is 29.6. The zero-order chi connectivity index (χ0) is 21.3. The number of ether oxygens (including phenoxy) is 2. The second-order valence-electron chi connectivity index (χ2n) is 6.80. The highest BCUT2D eigenvalue weighted by molar-refractivity contribution is 5.92. The van der Waals surface area contributed by atoms with E-state index in [2.05, 4.69) is 10.3 Å². The van der Waals surface area contributed by atoms with Crippen molar-refractivity contribution in [2.24, 2.45) is 0 Å². The van der Waals surface area contributed by atoms with Crippen LogP contribution < -0.4 is 10.1 Å². The van der Waals surface area contributed by atoms with Gasteiger partial charge in [0.15, 0.2) is 11.6 Å². The van der Waals surface area contributed by atoms with Gasteiger partial charge in [0.05, 0.1) is 12.8 Å². The van der Waals surface area contributed by atoms with Crippen LogP contribution in [0.3, 0.4) is 0 Å². The summed E-state index contributed by atoms with van der Waals surface area (Å²) in [5.41, 5.74) is 0.539. The van der Waals surface area contributed by atoms with Crippen LogP contribution in [-0.4, -0.2) is 47.6 Å². The molecule has 2 amide bonds. The van der Waals surface area contributed by atoms with Gasteiger partial charge in [-0.15, -0.1) is 0 Å². The molecule has 3 rings (SSSR count). The lowest BCUT2D eigenvalue weighted by Gasteiger charge is -2.32. The molecule has 1 fully saturated rings. The van der Waals surface area contributed by atoms with E-state index in [1.807, 2.05) is 0 Å². The maximum atomic E-state index is 14.3. The van der Waals surface area contributed by atoms with Crippen molar-refractivity contribution >= 4 is 18.1 Å². The number of pyridine rings is 1. The molecule has 0 bridgehead atoms. The molecule has 1 unspecified atom stereocenters. The highest BCUT2D eigenvalue weighted by Crippen LogP contribution is 2.25. The Balaban J connectivity index is 1.57. The molecule has 0 saturated carbocycles. The second kappa shape index (κ2) is 10.4. The van der Waals surface area contributed by atoms with Crippen molar-refractivity contribution in [3.05, 3.63) is 60.2 Å². The van der Waals surface area contributed by atoms with E-state index in [0.29, 0.717) is 31.0 Å². The molecule has 1 atom stereocenters. The normalized spacial score (nSPS) is 16.3. The smallest absolute Gasteiger partial charge is 0.407 e. The Labute approximate surface area is 174 Å². The minimum absolute atomic E-state index is 0.0791. The van der Waals surface area contributed by atoms with Crippen molar-refractivity contribution in [2.45, 2.75) is 25.8 Å². The number of carbonyl (C=O) groups is 2. The van der Waals surface area contributed by atoms with Crippen LogP contribution in [-0.2, 0) is 9.53 Å². The van der Waals surface area contributed by atoms with Crippen LogP contribution in [0.15, 0.2) is 48.8 Å². The Morgan fingerprint density at radius 1 is 1.37 bits per heavy atom. The topological polar surface area (TPSA) is 80.8 Å². The first-order valence-electron chi connectivity index (χ1n) is 9.83. The minimum atomic E-state index is -0.537. The first kappa shape index (κ1) is 21.3. The van der Waals surface area contributed by atoms with Crippen LogP contribution in [0, 0.1) is 5.82 Å². The van der Waals surface area contributed by atoms with Gasteiger partial charge in [0, 0.05) is 31.4 Å². The molecule has 158 valence electrons. The van der Waals surface area contributed by atoms with E-state index in [9.17, 15) is 14.0 Å². The third-order valence-electron chi connectivity index (χ3n) is 4.57. The lowest BCUT2D eigenvalue weighted by Crippen LogP contribution is -2.49. The van der Waals surface area contributed by atoms with Gasteiger partial charge >= 0.3 is 6.09 Å². The number of likely N-dealkylation sites (tertiary alicyclic amines) is 1. The molecule has 1 aromatic carbocycles. The largest absolute Gasteiger partial charge is 0.453 e. The Morgan fingerprint density at radius 3 is 2.97 bits per heavy atom. The first-order valence-corrected chi connectivity index (χ1v) is 9.83. The molecular weight excluding hydrogens is 389 g/mol. The van der Waals surface area contributed by atoms with Gasteiger partial charge in [-0.25, -0.2) is 9.18 Å². The number of nitrogens with one attached hydrogen (secondary N) is 1. The summed E-state index contributed by atoms with van der Waals surface area (Å²) in [5, 5.41) is 2.76. The van der Waals surface area contributed by atoms with Gasteiger partial charge in [-0.1, -0.05) is 6.07 Å². The minimum Gasteiger partial charge on any atom is -0.453 e. The average Bonchev–Trinajstić information content (AvgIpc) is 2.75. The van der Waals surface area contributed by atoms with Crippen molar-refractivity contribution in [2.75, 3.05) is 19.7 Å². The predicted molar refractivity (Wildman–Crippen MR) is 110 cm³/mol. The van der Waals surface area contributed by atoms with Gasteiger partial charge in [-0.3, -0.25) is 9.78 Å². The summed E-state index contributed by atoms with van der Waals surface area (Å²) >= 11 is 0. The first-order chi connectivity index (χ1) is 14.5. The number of hydrogen-bond acceptors (Lipinski definition) is 5. The van der Waals surface area contributed by atoms with E-state index in [1.54, 1.807) is 42.3 Å². The summed E-state index contributed by atoms with van der Waals surface area (Å²) in [6, 6.07) is 7.71. The summed E-state index contributed by atoms with van der Waals surface area (Å²) in [7, 11) is 0. The summed E-state index contributed by atoms with van der Waals surface area (Å²) < 4.78 is 24.7. The van der Waals surface area contributed by atoms with Crippen LogP contribution in [0.2, 0.25) is 0 Å². The number of alkyl carbamates (subject to hydrolysis) is 1. The molecule has 1 aromatic heterocycles. The number of piperidine rings is 1. The number of halogens is 1. The third kappa shape index (κ3) is 6.04. The lowest BCUT2D eigenvalue weighted by atomic mass is 10.1. The molecular formula is C22H24FN3O4. The highest BCUT2D eigenvalue weighted by Gasteiger charge is 2.24. The molecule has 0 radical (unpaired) electrons. The van der Waals surface area contributed by atoms with Crippen LogP contribution in [0.1, 0.15) is 25.3 Å². The van der Waals surface area contributed by atoms with Gasteiger partial charge in [-0.05, 0) is 55.7 Å². The van der Waals surface area contributed by atoms with Gasteiger partial charge in [0.1, 0.15) is 5.75 Å². The second-order valence-corrected chi connectivity index (χ2v) is 6.80. The van der Waals surface area contributed by atoms with Gasteiger partial charge in [-0.2, -0.15) is 0 Å². The fourth-order valence-electron chi connectivity index (χ4n) is 3.15. The zero-order valence-electron chi connectivity index (χ0n) is 16.7. The third-order valence-corrected chi connectivity index (χ3v) is 4.57. The fraction of sp³-hybridized carbons (Fsp3) is 0.318. The van der Waals surface area contributed by atoms with Crippen molar-refractivity contribution in [3.63, 3.8) is 0 Å². The molecule has 0 aliphatic carbocycles. The molecule has 1 aliphatic heterocycles. The lowest BCUT2D eigenvalue weighted by molar-refractivity contribution is -0.127. The van der Waals surface area contributed by atoms with Gasteiger partial charge in [0.25, 0.3) is 0 Å². The number of benzene rings is 1. The van der Waals surface area contributed by atoms with Crippen molar-refractivity contribution < 1.29 is 23.5 Å². The van der Waals surface area contributed by atoms with Crippen LogP contribution in [0.25, 0.3) is 6.08 Å². The zero-order valence-corrected chi connectivity index (χ0v) is 16.7. The van der Waals surface area contributed by atoms with Crippen molar-refractivity contribution in [3.8, 4) is 11.5 Å². The Hall–Kier alpha value is -3.42. The average molecular weight is 413 g/mol. The highest BCUT2D eigenvalue weighted by atomic mass is 19.1. The molecule has 1 aliphatic rings. The molecule has 8 heteroatoms. The monoisotopic (exact) mass is 413 g/mol. The maximum absolute atomic E-state index is 14.3. The van der Waals surface area contributed by atoms with Crippen LogP contribution >= 0.6 is 0 Å². The van der Waals surface area contributed by atoms with Crippen LogP contribution in [0.4, 0.5) is 9.18 Å². The predicted octanol–water partition coefficient (Wildman–Crippen LogP) is 3.76. The Kier molecular flexibility index (Phi) is 7.37. The summed E-state index contributed by atoms with van der Waals surface area (Å²) in [6.07, 6.45) is 7.16. The molecule has 1 N–H and O–H groups in total. The molecule has 7 nitrogen and oxygen atoms in total. The number of carbonyl (C=O) groups excluding carboxylic acids is 2. The summed E-state index contributed by atoms with van der Waals surface area (Å²) in [5.74, 6) is -0.215. The van der Waals surface area contributed by atoms with E-state index in [-0.39, 0.29) is 17.7 Å². The van der Waals surface area contributed by atoms with E-state index >= 15 is 0 Å². The van der Waals surface area contributed by atoms with Gasteiger partial charge in [0.2, 0.25) is 5.91 Å². The molecule has 0 spiro atoms. The van der Waals surface area contributed by atoms with Crippen molar-refractivity contribution in [1.82, 2.24) is 15.2 Å². The maximum Gasteiger partial charge on any atom is 0.407 e. The fourth-order valence-corrected chi connectivity index (χ4v) is 3.15. The van der Waals surface area contributed by atoms with Gasteiger partial charge < -0.3 is 19.7 Å². The number of amides is 2. The van der Waals surface area contributed by atoms with E-state index < -0.39 is 11.9 Å². The summed E-state index contributed by atoms with van der Waals surface area (Å²) in [6.45, 7) is 3.05. The molecule has 30 heavy (non-hydrogen) atoms. The molecule has 2 aromatic rings. The number of rotatable bonds is 6. The van der Waals surface area contributed by atoms with E-state index in [0.717, 1.165) is 12.8 Å². The van der Waals surface area contributed by atoms with Crippen LogP contribution in [0.5, 0.6) is 11.5 Å². The number of aromatic nitrogens is 1. The Morgan fingerprint density at radius 2 is 2.23 bits per heavy atom. The number of hydrogen-bond donors (Lipinski definition) is 1. The van der Waals surface area contributed by atoms with E-state index in [4.69, 9.17) is 9.47 Å². The molecule has 2 heterocycles. The standard InChI is InChI=1S/C22H24FN3O4/c1-2-29-22(28)25-17-5-4-12-26(15-17)21(27)10-8-16-7-9-20(19(23)13-16)30-18-6-3-11-24-14-18/h3,6-11,13-14,17H,2,4-5,12,15H2,1H3,(H,25,28)/b10-8+. The van der Waals surface area contributed by atoms with Crippen molar-refractivity contribution in [1.29, 1.82) is 0 Å². The SMILES string of the molecule is CCOC(=O)NC1CCCN(C(=O)/C=C/c2ccc(Oc3cccnc3)c(F)c2)C1. The van der Waals surface area contributed by atoms with E-state index in [1.165, 1.54) is 24.4 Å². The molecule has 1 saturated heterocycles. The number of nitrogens with zero attached hydrogens (tertiary/aromatic N) is 2.